The standard InChI is InChI=1S/C67H41NOS/c1-2-18-42(19-3-1)45-20-10-15-31-61(45)68(43-35-39-63-56(40-43)49-24-7-6-23-48(49)52-26-11-16-32-62(52)69-63)44-34-36-51-47-22-5-4-21-46(47)50-25-8-13-29-57(50)67(60(51)41-44)58-30-14-9-28-55(58)65-59(67)38-37-54-53-27-12-17-33-64(53)70-66(54)65/h1-41H. The Labute approximate surface area is 410 Å². The summed E-state index contributed by atoms with van der Waals surface area (Å²) >= 11 is 1.92. The largest absolute Gasteiger partial charge is 0.456 e. The monoisotopic (exact) mass is 907 g/mol. The molecule has 0 fully saturated rings. The van der Waals surface area contributed by atoms with Crippen LogP contribution in [-0.4, -0.2) is 0 Å². The lowest BCUT2D eigenvalue weighted by Crippen LogP contribution is -2.29. The van der Waals surface area contributed by atoms with Crippen LogP contribution in [0.1, 0.15) is 22.3 Å². The van der Waals surface area contributed by atoms with E-state index in [1.807, 2.05) is 11.3 Å². The zero-order valence-corrected chi connectivity index (χ0v) is 38.8. The maximum absolute atomic E-state index is 6.84. The lowest BCUT2D eigenvalue weighted by Gasteiger charge is -2.37. The van der Waals surface area contributed by atoms with Gasteiger partial charge in [0.15, 0.2) is 0 Å². The van der Waals surface area contributed by atoms with Crippen LogP contribution in [0.3, 0.4) is 0 Å². The first-order valence-corrected chi connectivity index (χ1v) is 24.9. The Morgan fingerprint density at radius 3 is 1.66 bits per heavy atom. The molecule has 70 heavy (non-hydrogen) atoms. The van der Waals surface area contributed by atoms with Crippen molar-refractivity contribution in [2.45, 2.75) is 5.41 Å². The molecule has 2 heterocycles. The Bertz CT molecular complexity index is 4130. The van der Waals surface area contributed by atoms with Crippen molar-refractivity contribution in [3.8, 4) is 78.3 Å². The summed E-state index contributed by atoms with van der Waals surface area (Å²) in [4.78, 5) is 2.48. The fourth-order valence-electron chi connectivity index (χ4n) is 12.2. The maximum atomic E-state index is 6.84. The van der Waals surface area contributed by atoms with Crippen LogP contribution in [0.5, 0.6) is 11.5 Å². The van der Waals surface area contributed by atoms with Crippen molar-refractivity contribution >= 4 is 48.6 Å². The number of fused-ring (bicyclic) bond motifs is 21. The third-order valence-corrected chi connectivity index (χ3v) is 16.3. The van der Waals surface area contributed by atoms with Crippen LogP contribution in [0, 0.1) is 0 Å². The number of hydrogen-bond donors (Lipinski definition) is 0. The number of para-hydroxylation sites is 2. The maximum Gasteiger partial charge on any atom is 0.135 e. The molecule has 3 aliphatic rings. The van der Waals surface area contributed by atoms with E-state index in [-0.39, 0.29) is 0 Å². The molecular formula is C67H41NOS. The number of benzene rings is 11. The van der Waals surface area contributed by atoms with E-state index in [1.54, 1.807) is 0 Å². The first-order chi connectivity index (χ1) is 34.7. The number of ether oxygens (including phenoxy) is 1. The Kier molecular flexibility index (Phi) is 8.48. The van der Waals surface area contributed by atoms with Gasteiger partial charge in [0.25, 0.3) is 0 Å². The molecule has 2 nitrogen and oxygen atoms in total. The average molecular weight is 908 g/mol. The van der Waals surface area contributed by atoms with E-state index in [0.717, 1.165) is 61.9 Å². The van der Waals surface area contributed by atoms with Crippen molar-refractivity contribution in [1.29, 1.82) is 0 Å². The van der Waals surface area contributed by atoms with Gasteiger partial charge in [-0.05, 0) is 115 Å². The second-order valence-electron chi connectivity index (χ2n) is 18.6. The van der Waals surface area contributed by atoms with E-state index in [0.29, 0.717) is 0 Å². The lowest BCUT2D eigenvalue weighted by atomic mass is 9.65. The number of anilines is 3. The molecule has 326 valence electrons. The van der Waals surface area contributed by atoms with Crippen molar-refractivity contribution < 1.29 is 4.74 Å². The summed E-state index contributed by atoms with van der Waals surface area (Å²) in [5.41, 5.74) is 22.0. The molecule has 12 aromatic rings. The molecule has 0 N–H and O–H groups in total. The fraction of sp³-hybridized carbons (Fsp3) is 0.0149. The van der Waals surface area contributed by atoms with E-state index in [2.05, 4.69) is 254 Å². The molecule has 1 unspecified atom stereocenters. The smallest absolute Gasteiger partial charge is 0.135 e. The van der Waals surface area contributed by atoms with Crippen LogP contribution in [-0.2, 0) is 5.41 Å². The van der Waals surface area contributed by atoms with Crippen LogP contribution in [0.4, 0.5) is 17.1 Å². The molecule has 15 rings (SSSR count). The van der Waals surface area contributed by atoms with Gasteiger partial charge in [-0.3, -0.25) is 0 Å². The van der Waals surface area contributed by atoms with E-state index < -0.39 is 5.41 Å². The first-order valence-electron chi connectivity index (χ1n) is 24.1. The summed E-state index contributed by atoms with van der Waals surface area (Å²) in [5.74, 6) is 1.69. The van der Waals surface area contributed by atoms with Crippen LogP contribution >= 0.6 is 11.3 Å². The molecule has 3 heteroatoms. The van der Waals surface area contributed by atoms with E-state index >= 15 is 0 Å². The summed E-state index contributed by atoms with van der Waals surface area (Å²) < 4.78 is 9.49. The van der Waals surface area contributed by atoms with Gasteiger partial charge in [0.05, 0.1) is 11.1 Å². The van der Waals surface area contributed by atoms with Gasteiger partial charge in [0.1, 0.15) is 11.5 Å². The van der Waals surface area contributed by atoms with Crippen molar-refractivity contribution in [1.82, 2.24) is 0 Å². The Morgan fingerprint density at radius 2 is 0.871 bits per heavy atom. The van der Waals surface area contributed by atoms with E-state index in [9.17, 15) is 0 Å². The van der Waals surface area contributed by atoms with Gasteiger partial charge >= 0.3 is 0 Å². The zero-order chi connectivity index (χ0) is 45.9. The molecular weight excluding hydrogens is 867 g/mol. The van der Waals surface area contributed by atoms with Gasteiger partial charge in [0, 0.05) is 53.8 Å². The third kappa shape index (κ3) is 5.49. The molecule has 2 aliphatic carbocycles. The first kappa shape index (κ1) is 39.3. The average Bonchev–Trinajstić information content (AvgIpc) is 3.87. The van der Waals surface area contributed by atoms with Gasteiger partial charge in [-0.25, -0.2) is 0 Å². The lowest BCUT2D eigenvalue weighted by molar-refractivity contribution is 0.488. The predicted molar refractivity (Wildman–Crippen MR) is 292 cm³/mol. The molecule has 0 radical (unpaired) electrons. The summed E-state index contributed by atoms with van der Waals surface area (Å²) in [6.45, 7) is 0. The number of thiophene rings is 1. The van der Waals surface area contributed by atoms with Gasteiger partial charge in [0.2, 0.25) is 0 Å². The second kappa shape index (κ2) is 15.1. The van der Waals surface area contributed by atoms with Gasteiger partial charge < -0.3 is 9.64 Å². The minimum Gasteiger partial charge on any atom is -0.456 e. The van der Waals surface area contributed by atoms with Gasteiger partial charge in [-0.2, -0.15) is 0 Å². The highest BCUT2D eigenvalue weighted by atomic mass is 32.1. The fourth-order valence-corrected chi connectivity index (χ4v) is 13.5. The number of nitrogens with zero attached hydrogens (tertiary/aromatic N) is 1. The Balaban J connectivity index is 1.06. The van der Waals surface area contributed by atoms with Crippen molar-refractivity contribution in [2.24, 2.45) is 0 Å². The molecule has 1 atom stereocenters. The van der Waals surface area contributed by atoms with E-state index in [1.165, 1.54) is 75.8 Å². The van der Waals surface area contributed by atoms with Crippen molar-refractivity contribution in [3.63, 3.8) is 0 Å². The summed E-state index contributed by atoms with van der Waals surface area (Å²) in [6, 6.07) is 92.0. The molecule has 1 aromatic heterocycles. The van der Waals surface area contributed by atoms with Gasteiger partial charge in [-0.15, -0.1) is 11.3 Å². The highest BCUT2D eigenvalue weighted by Gasteiger charge is 2.50. The second-order valence-corrected chi connectivity index (χ2v) is 19.7. The molecule has 0 saturated heterocycles. The molecule has 11 aromatic carbocycles. The van der Waals surface area contributed by atoms with Crippen LogP contribution < -0.4 is 9.64 Å². The highest BCUT2D eigenvalue weighted by Crippen LogP contribution is 2.64. The topological polar surface area (TPSA) is 12.5 Å². The highest BCUT2D eigenvalue weighted by molar-refractivity contribution is 7.26. The predicted octanol–water partition coefficient (Wildman–Crippen LogP) is 18.6. The Morgan fingerprint density at radius 1 is 0.329 bits per heavy atom. The van der Waals surface area contributed by atoms with Crippen LogP contribution in [0.15, 0.2) is 249 Å². The van der Waals surface area contributed by atoms with Gasteiger partial charge in [-0.1, -0.05) is 200 Å². The molecule has 1 aliphatic heterocycles. The third-order valence-electron chi connectivity index (χ3n) is 15.1. The number of rotatable bonds is 4. The van der Waals surface area contributed by atoms with Crippen molar-refractivity contribution in [3.05, 3.63) is 271 Å². The van der Waals surface area contributed by atoms with E-state index in [4.69, 9.17) is 4.74 Å². The molecule has 0 saturated carbocycles. The molecule has 0 bridgehead atoms. The number of hydrogen-bond acceptors (Lipinski definition) is 3. The minimum absolute atomic E-state index is 0.672. The van der Waals surface area contributed by atoms with Crippen molar-refractivity contribution in [2.75, 3.05) is 4.90 Å². The Hall–Kier alpha value is -8.76. The molecule has 0 amide bonds. The quantitative estimate of drug-likeness (QED) is 0.174. The van der Waals surface area contributed by atoms with Crippen LogP contribution in [0.2, 0.25) is 0 Å². The summed E-state index contributed by atoms with van der Waals surface area (Å²) in [5, 5.41) is 2.62. The normalized spacial score (nSPS) is 14.5. The zero-order valence-electron chi connectivity index (χ0n) is 37.9. The SMILES string of the molecule is c1ccc(-c2ccccc2N(c2ccc3c(c2)-c2ccccc2-c2ccccc2O3)c2ccc3c(c2)C2(c4ccccc4-c4ccccc4-3)c3ccccc3-c3c2ccc2c3sc3ccccc32)cc1. The van der Waals surface area contributed by atoms with Crippen LogP contribution in [0.25, 0.3) is 86.9 Å². The summed E-state index contributed by atoms with van der Waals surface area (Å²) in [6.07, 6.45) is 0. The summed E-state index contributed by atoms with van der Waals surface area (Å²) in [7, 11) is 0. The molecule has 1 spiro atoms. The minimum atomic E-state index is -0.672.